The van der Waals surface area contributed by atoms with Crippen molar-refractivity contribution < 1.29 is 34.6 Å². The predicted octanol–water partition coefficient (Wildman–Crippen LogP) is 4.65. The second-order valence-electron chi connectivity index (χ2n) is 5.19. The SMILES string of the molecule is CS(=O)C1=C(Cl)NC(Cl)(S(=O)(=O)C(F)F)N1c1c(Cl)cc(C(F)(F)F)cc1Cl. The fourth-order valence-corrected chi connectivity index (χ4v) is 5.82. The molecule has 2 rings (SSSR count). The van der Waals surface area contributed by atoms with E-state index in [0.29, 0.717) is 12.1 Å². The zero-order chi connectivity index (χ0) is 21.8. The van der Waals surface area contributed by atoms with Crippen molar-refractivity contribution in [2.45, 2.75) is 16.4 Å². The first kappa shape index (κ1) is 23.7. The number of hydrogen-bond donors (Lipinski definition) is 1. The van der Waals surface area contributed by atoms with E-state index in [1.807, 2.05) is 5.32 Å². The summed E-state index contributed by atoms with van der Waals surface area (Å²) in [6.45, 7) is 0. The Kier molecular flexibility index (Phi) is 6.46. The van der Waals surface area contributed by atoms with Crippen LogP contribution in [0.4, 0.5) is 27.6 Å². The molecule has 0 spiro atoms. The average Bonchev–Trinajstić information content (AvgIpc) is 2.78. The van der Waals surface area contributed by atoms with Crippen LogP contribution in [0.25, 0.3) is 0 Å². The van der Waals surface area contributed by atoms with Crippen molar-refractivity contribution in [3.8, 4) is 0 Å². The summed E-state index contributed by atoms with van der Waals surface area (Å²) >= 11 is 23.4. The van der Waals surface area contributed by atoms with Crippen molar-refractivity contribution in [2.75, 3.05) is 11.2 Å². The van der Waals surface area contributed by atoms with E-state index in [9.17, 15) is 34.6 Å². The van der Waals surface area contributed by atoms with Crippen LogP contribution < -0.4 is 10.2 Å². The highest BCUT2D eigenvalue weighted by molar-refractivity contribution is 7.94. The zero-order valence-corrected chi connectivity index (χ0v) is 17.8. The molecule has 0 bridgehead atoms. The first-order valence-corrected chi connectivity index (χ1v) is 11.3. The fourth-order valence-electron chi connectivity index (χ4n) is 2.23. The summed E-state index contributed by atoms with van der Waals surface area (Å²) in [7, 11) is -7.76. The molecule has 0 amide bonds. The van der Waals surface area contributed by atoms with Gasteiger partial charge in [0.05, 0.1) is 32.1 Å². The third-order valence-electron chi connectivity index (χ3n) is 3.39. The fraction of sp³-hybridized carbons (Fsp3) is 0.333. The molecule has 5 nitrogen and oxygen atoms in total. The first-order chi connectivity index (χ1) is 12.6. The Bertz CT molecular complexity index is 963. The van der Waals surface area contributed by atoms with Crippen LogP contribution in [0.15, 0.2) is 22.3 Å². The molecule has 2 atom stereocenters. The Morgan fingerprint density at radius 2 is 1.64 bits per heavy atom. The summed E-state index contributed by atoms with van der Waals surface area (Å²) in [5.74, 6) is -4.04. The number of benzene rings is 1. The predicted molar refractivity (Wildman–Crippen MR) is 97.5 cm³/mol. The van der Waals surface area contributed by atoms with Crippen molar-refractivity contribution in [1.82, 2.24) is 5.32 Å². The summed E-state index contributed by atoms with van der Waals surface area (Å²) in [6, 6.07) is 0.745. The van der Waals surface area contributed by atoms with Gasteiger partial charge in [-0.2, -0.15) is 22.0 Å². The number of halogens is 9. The Morgan fingerprint density at radius 1 is 1.18 bits per heavy atom. The number of sulfone groups is 1. The van der Waals surface area contributed by atoms with Crippen molar-refractivity contribution in [1.29, 1.82) is 0 Å². The molecule has 0 aliphatic carbocycles. The van der Waals surface area contributed by atoms with Gasteiger partial charge in [-0.15, -0.1) is 0 Å². The highest BCUT2D eigenvalue weighted by atomic mass is 35.5. The van der Waals surface area contributed by atoms with Crippen molar-refractivity contribution in [3.63, 3.8) is 0 Å². The van der Waals surface area contributed by atoms with Crippen molar-refractivity contribution >= 4 is 72.7 Å². The van der Waals surface area contributed by atoms with Gasteiger partial charge in [-0.05, 0) is 12.1 Å². The van der Waals surface area contributed by atoms with E-state index in [-0.39, 0.29) is 4.90 Å². The van der Waals surface area contributed by atoms with Gasteiger partial charge in [0.25, 0.3) is 9.84 Å². The summed E-state index contributed by atoms with van der Waals surface area (Å²) in [5.41, 5.74) is -2.02. The smallest absolute Gasteiger partial charge is 0.325 e. The Balaban J connectivity index is 2.86. The molecular formula is C12H7Cl4F5N2O3S2. The van der Waals surface area contributed by atoms with Crippen molar-refractivity contribution in [3.05, 3.63) is 37.9 Å². The molecule has 16 heteroatoms. The topological polar surface area (TPSA) is 66.5 Å². The summed E-state index contributed by atoms with van der Waals surface area (Å²) in [6.07, 6.45) is -3.87. The molecule has 0 saturated heterocycles. The summed E-state index contributed by atoms with van der Waals surface area (Å²) in [5, 5.41) is -1.07. The number of hydrogen-bond acceptors (Lipinski definition) is 5. The van der Waals surface area contributed by atoms with Crippen LogP contribution >= 0.6 is 46.4 Å². The zero-order valence-electron chi connectivity index (χ0n) is 13.1. The van der Waals surface area contributed by atoms with Crippen LogP contribution in [0.5, 0.6) is 0 Å². The van der Waals surface area contributed by atoms with Crippen LogP contribution in [-0.2, 0) is 26.8 Å². The third-order valence-corrected chi connectivity index (χ3v) is 7.70. The normalized spacial score (nSPS) is 22.0. The molecule has 0 fully saturated rings. The maximum atomic E-state index is 13.2. The number of nitrogens with one attached hydrogen (secondary N) is 1. The Morgan fingerprint density at radius 3 is 2.00 bits per heavy atom. The number of alkyl halides is 6. The Hall–Kier alpha value is -0.530. The summed E-state index contributed by atoms with van der Waals surface area (Å²) < 4.78 is 98.3. The maximum Gasteiger partial charge on any atom is 0.416 e. The molecule has 0 aromatic heterocycles. The lowest BCUT2D eigenvalue weighted by Crippen LogP contribution is -2.56. The molecule has 1 aliphatic heterocycles. The molecule has 1 heterocycles. The Labute approximate surface area is 177 Å². The van der Waals surface area contributed by atoms with Gasteiger partial charge in [-0.25, -0.2) is 8.42 Å². The van der Waals surface area contributed by atoms with Gasteiger partial charge in [0, 0.05) is 6.26 Å². The van der Waals surface area contributed by atoms with Gasteiger partial charge in [-0.3, -0.25) is 9.11 Å². The van der Waals surface area contributed by atoms with Crippen molar-refractivity contribution in [2.24, 2.45) is 0 Å². The van der Waals surface area contributed by atoms with E-state index in [2.05, 4.69) is 0 Å². The monoisotopic (exact) mass is 526 g/mol. The minimum Gasteiger partial charge on any atom is -0.325 e. The quantitative estimate of drug-likeness (QED) is 0.350. The van der Waals surface area contributed by atoms with Gasteiger partial charge in [0.15, 0.2) is 0 Å². The third kappa shape index (κ3) is 3.79. The van der Waals surface area contributed by atoms with Gasteiger partial charge < -0.3 is 5.32 Å². The van der Waals surface area contributed by atoms with Gasteiger partial charge in [0.1, 0.15) is 10.2 Å². The molecule has 1 N–H and O–H groups in total. The van der Waals surface area contributed by atoms with Gasteiger partial charge in [-0.1, -0.05) is 46.4 Å². The van der Waals surface area contributed by atoms with Crippen LogP contribution in [0, 0.1) is 0 Å². The molecule has 1 aliphatic rings. The van der Waals surface area contributed by atoms with E-state index in [0.717, 1.165) is 6.26 Å². The van der Waals surface area contributed by atoms with E-state index >= 15 is 0 Å². The van der Waals surface area contributed by atoms with Gasteiger partial charge >= 0.3 is 16.4 Å². The second kappa shape index (κ2) is 7.62. The minimum absolute atomic E-state index is 0.277. The number of anilines is 1. The molecule has 2 unspecified atom stereocenters. The average molecular weight is 528 g/mol. The highest BCUT2D eigenvalue weighted by Gasteiger charge is 2.59. The molecule has 1 aromatic rings. The second-order valence-corrected chi connectivity index (χ2v) is 10.5. The lowest BCUT2D eigenvalue weighted by Gasteiger charge is -2.35. The maximum absolute atomic E-state index is 13.2. The van der Waals surface area contributed by atoms with E-state index < -0.39 is 68.5 Å². The van der Waals surface area contributed by atoms with E-state index in [1.165, 1.54) is 0 Å². The van der Waals surface area contributed by atoms with Crippen LogP contribution in [0.1, 0.15) is 5.56 Å². The van der Waals surface area contributed by atoms with E-state index in [1.54, 1.807) is 0 Å². The van der Waals surface area contributed by atoms with Gasteiger partial charge in [0.2, 0.25) is 0 Å². The molecule has 0 radical (unpaired) electrons. The largest absolute Gasteiger partial charge is 0.416 e. The standard InChI is InChI=1S/C12H7Cl4F5N2O3S2/c1-27(24)9-8(15)22-12(16,28(25,26)10(17)18)23(9)7-5(13)2-4(3-6(7)14)11(19,20)21/h2-3,10,22H,1H3. The molecule has 1 aromatic carbocycles. The number of rotatable bonds is 4. The number of nitrogens with zero attached hydrogens (tertiary/aromatic N) is 1. The van der Waals surface area contributed by atoms with Crippen LogP contribution in [0.2, 0.25) is 10.0 Å². The molecule has 28 heavy (non-hydrogen) atoms. The van der Waals surface area contributed by atoms with Crippen LogP contribution in [0.3, 0.4) is 0 Å². The van der Waals surface area contributed by atoms with E-state index in [4.69, 9.17) is 46.4 Å². The van der Waals surface area contributed by atoms with Crippen LogP contribution in [-0.4, -0.2) is 29.1 Å². The lowest BCUT2D eigenvalue weighted by atomic mass is 10.2. The molecule has 158 valence electrons. The molecule has 0 saturated carbocycles. The lowest BCUT2D eigenvalue weighted by molar-refractivity contribution is -0.137. The highest BCUT2D eigenvalue weighted by Crippen LogP contribution is 2.50. The first-order valence-electron chi connectivity index (χ1n) is 6.64. The molecular weight excluding hydrogens is 521 g/mol. The minimum atomic E-state index is -5.60. The summed E-state index contributed by atoms with van der Waals surface area (Å²) in [4.78, 5) is 0.277.